The van der Waals surface area contributed by atoms with E-state index in [9.17, 15) is 0 Å². The molecule has 0 saturated heterocycles. The second-order valence-electron chi connectivity index (χ2n) is 3.43. The maximum atomic E-state index is 3.39. The number of rotatable bonds is 7. The SMILES string of the molecule is CC=CCC.CCCCNCCCC. The van der Waals surface area contributed by atoms with Crippen LogP contribution in [0.15, 0.2) is 12.2 Å². The molecule has 0 aliphatic heterocycles. The molecule has 0 saturated carbocycles. The Morgan fingerprint density at radius 1 is 0.929 bits per heavy atom. The Morgan fingerprint density at radius 2 is 1.43 bits per heavy atom. The second kappa shape index (κ2) is 18.5. The molecule has 86 valence electrons. The van der Waals surface area contributed by atoms with E-state index in [0.29, 0.717) is 0 Å². The van der Waals surface area contributed by atoms with Crippen molar-refractivity contribution in [1.82, 2.24) is 5.32 Å². The van der Waals surface area contributed by atoms with Gasteiger partial charge in [-0.15, -0.1) is 0 Å². The van der Waals surface area contributed by atoms with Gasteiger partial charge in [0.2, 0.25) is 0 Å². The van der Waals surface area contributed by atoms with Crippen molar-refractivity contribution in [2.75, 3.05) is 13.1 Å². The van der Waals surface area contributed by atoms with Crippen LogP contribution in [-0.4, -0.2) is 13.1 Å². The molecule has 0 aliphatic rings. The number of hydrogen-bond donors (Lipinski definition) is 1. The zero-order valence-corrected chi connectivity index (χ0v) is 10.6. The fourth-order valence-corrected chi connectivity index (χ4v) is 0.964. The molecule has 0 heterocycles. The molecule has 0 fully saturated rings. The lowest BCUT2D eigenvalue weighted by molar-refractivity contribution is 0.611. The standard InChI is InChI=1S/C8H19N.C5H10/c1-3-5-7-9-8-6-4-2;1-3-5-4-2/h9H,3-8H2,1-2H3;3,5H,4H2,1-2H3. The molecular weight excluding hydrogens is 170 g/mol. The Hall–Kier alpha value is -0.300. The second-order valence-corrected chi connectivity index (χ2v) is 3.43. The van der Waals surface area contributed by atoms with E-state index in [0.717, 1.165) is 6.42 Å². The van der Waals surface area contributed by atoms with Gasteiger partial charge in [-0.2, -0.15) is 0 Å². The van der Waals surface area contributed by atoms with Crippen LogP contribution in [0.4, 0.5) is 0 Å². The van der Waals surface area contributed by atoms with E-state index in [1.165, 1.54) is 38.8 Å². The minimum atomic E-state index is 1.16. The molecule has 0 aromatic heterocycles. The van der Waals surface area contributed by atoms with E-state index in [2.05, 4.69) is 38.2 Å². The Balaban J connectivity index is 0. The average molecular weight is 199 g/mol. The number of unbranched alkanes of at least 4 members (excludes halogenated alkanes) is 2. The summed E-state index contributed by atoms with van der Waals surface area (Å²) in [4.78, 5) is 0. The summed E-state index contributed by atoms with van der Waals surface area (Å²) in [6.07, 6.45) is 10.6. The van der Waals surface area contributed by atoms with Gasteiger partial charge in [0.25, 0.3) is 0 Å². The molecule has 0 radical (unpaired) electrons. The van der Waals surface area contributed by atoms with Crippen LogP contribution < -0.4 is 5.32 Å². The molecule has 0 atom stereocenters. The van der Waals surface area contributed by atoms with Crippen LogP contribution in [0.3, 0.4) is 0 Å². The third kappa shape index (κ3) is 22.6. The lowest BCUT2D eigenvalue weighted by atomic mass is 10.3. The molecule has 0 spiro atoms. The van der Waals surface area contributed by atoms with Crippen molar-refractivity contribution >= 4 is 0 Å². The van der Waals surface area contributed by atoms with Gasteiger partial charge in [0.15, 0.2) is 0 Å². The van der Waals surface area contributed by atoms with E-state index in [1.807, 2.05) is 6.92 Å². The highest BCUT2D eigenvalue weighted by Gasteiger charge is 1.83. The van der Waals surface area contributed by atoms with Crippen molar-refractivity contribution in [3.8, 4) is 0 Å². The number of nitrogens with one attached hydrogen (secondary N) is 1. The summed E-state index contributed by atoms with van der Waals surface area (Å²) in [5, 5.41) is 3.39. The van der Waals surface area contributed by atoms with Crippen LogP contribution in [0, 0.1) is 0 Å². The first-order valence-corrected chi connectivity index (χ1v) is 6.15. The minimum Gasteiger partial charge on any atom is -0.317 e. The van der Waals surface area contributed by atoms with Crippen LogP contribution in [0.5, 0.6) is 0 Å². The predicted molar refractivity (Wildman–Crippen MR) is 67.8 cm³/mol. The molecule has 0 bridgehead atoms. The first kappa shape index (κ1) is 16.1. The summed E-state index contributed by atoms with van der Waals surface area (Å²) in [7, 11) is 0. The quantitative estimate of drug-likeness (QED) is 0.480. The monoisotopic (exact) mass is 199 g/mol. The molecular formula is C13H29N. The fourth-order valence-electron chi connectivity index (χ4n) is 0.964. The maximum Gasteiger partial charge on any atom is -0.00490 e. The smallest absolute Gasteiger partial charge is 0.00490 e. The van der Waals surface area contributed by atoms with Crippen LogP contribution in [0.2, 0.25) is 0 Å². The molecule has 0 aliphatic carbocycles. The normalized spacial score (nSPS) is 10.0. The van der Waals surface area contributed by atoms with Gasteiger partial charge in [-0.1, -0.05) is 45.8 Å². The van der Waals surface area contributed by atoms with Gasteiger partial charge in [-0.25, -0.2) is 0 Å². The van der Waals surface area contributed by atoms with E-state index >= 15 is 0 Å². The molecule has 14 heavy (non-hydrogen) atoms. The summed E-state index contributed by atoms with van der Waals surface area (Å²) < 4.78 is 0. The van der Waals surface area contributed by atoms with Gasteiger partial charge in [0.1, 0.15) is 0 Å². The first-order chi connectivity index (χ1) is 6.83. The van der Waals surface area contributed by atoms with Crippen molar-refractivity contribution in [3.63, 3.8) is 0 Å². The number of allylic oxidation sites excluding steroid dienone is 2. The first-order valence-electron chi connectivity index (χ1n) is 6.15. The van der Waals surface area contributed by atoms with Gasteiger partial charge in [-0.3, -0.25) is 0 Å². The van der Waals surface area contributed by atoms with Crippen molar-refractivity contribution < 1.29 is 0 Å². The van der Waals surface area contributed by atoms with Crippen molar-refractivity contribution in [1.29, 1.82) is 0 Å². The zero-order valence-electron chi connectivity index (χ0n) is 10.6. The highest BCUT2D eigenvalue weighted by molar-refractivity contribution is 4.73. The van der Waals surface area contributed by atoms with Crippen LogP contribution in [-0.2, 0) is 0 Å². The van der Waals surface area contributed by atoms with Gasteiger partial charge in [-0.05, 0) is 39.3 Å². The predicted octanol–water partition coefficient (Wildman–Crippen LogP) is 4.15. The Kier molecular flexibility index (Phi) is 21.3. The highest BCUT2D eigenvalue weighted by atomic mass is 14.8. The zero-order chi connectivity index (χ0) is 11.1. The molecule has 1 nitrogen and oxygen atoms in total. The molecule has 0 rings (SSSR count). The lowest BCUT2D eigenvalue weighted by Crippen LogP contribution is -2.15. The van der Waals surface area contributed by atoms with Crippen molar-refractivity contribution in [2.45, 2.75) is 59.8 Å². The van der Waals surface area contributed by atoms with Crippen LogP contribution in [0.25, 0.3) is 0 Å². The molecule has 0 aromatic carbocycles. The van der Waals surface area contributed by atoms with Crippen LogP contribution >= 0.6 is 0 Å². The van der Waals surface area contributed by atoms with Gasteiger partial charge in [0.05, 0.1) is 0 Å². The topological polar surface area (TPSA) is 12.0 Å². The van der Waals surface area contributed by atoms with Crippen LogP contribution in [0.1, 0.15) is 59.8 Å². The third-order valence-corrected chi connectivity index (χ3v) is 1.89. The molecule has 0 aromatic rings. The van der Waals surface area contributed by atoms with Gasteiger partial charge >= 0.3 is 0 Å². The summed E-state index contributed by atoms with van der Waals surface area (Å²) >= 11 is 0. The third-order valence-electron chi connectivity index (χ3n) is 1.89. The average Bonchev–Trinajstić information content (AvgIpc) is 2.20. The molecule has 1 N–H and O–H groups in total. The minimum absolute atomic E-state index is 1.16. The van der Waals surface area contributed by atoms with E-state index in [-0.39, 0.29) is 0 Å². The maximum absolute atomic E-state index is 3.39. The largest absolute Gasteiger partial charge is 0.317 e. The van der Waals surface area contributed by atoms with Gasteiger partial charge in [0, 0.05) is 0 Å². The molecule has 0 amide bonds. The molecule has 1 heteroatoms. The Morgan fingerprint density at radius 3 is 1.64 bits per heavy atom. The summed E-state index contributed by atoms with van der Waals surface area (Å²) in [5.41, 5.74) is 0. The summed E-state index contributed by atoms with van der Waals surface area (Å²) in [6.45, 7) is 11.0. The fraction of sp³-hybridized carbons (Fsp3) is 0.846. The summed E-state index contributed by atoms with van der Waals surface area (Å²) in [6, 6.07) is 0. The highest BCUT2D eigenvalue weighted by Crippen LogP contribution is 1.85. The Labute approximate surface area is 91.0 Å². The Bertz CT molecular complexity index is 91.4. The van der Waals surface area contributed by atoms with E-state index < -0.39 is 0 Å². The van der Waals surface area contributed by atoms with Gasteiger partial charge < -0.3 is 5.32 Å². The number of hydrogen-bond acceptors (Lipinski definition) is 1. The van der Waals surface area contributed by atoms with E-state index in [4.69, 9.17) is 0 Å². The summed E-state index contributed by atoms with van der Waals surface area (Å²) in [5.74, 6) is 0. The lowest BCUT2D eigenvalue weighted by Gasteiger charge is -1.99. The molecule has 0 unspecified atom stereocenters. The van der Waals surface area contributed by atoms with Crippen molar-refractivity contribution in [3.05, 3.63) is 12.2 Å². The van der Waals surface area contributed by atoms with E-state index in [1.54, 1.807) is 0 Å². The van der Waals surface area contributed by atoms with Crippen molar-refractivity contribution in [2.24, 2.45) is 0 Å².